The van der Waals surface area contributed by atoms with E-state index >= 15 is 0 Å². The van der Waals surface area contributed by atoms with E-state index in [-0.39, 0.29) is 12.8 Å². The van der Waals surface area contributed by atoms with Gasteiger partial charge in [-0.1, -0.05) is 11.6 Å². The van der Waals surface area contributed by atoms with Crippen LogP contribution < -0.4 is 0 Å². The average molecular weight is 359 g/mol. The lowest BCUT2D eigenvalue weighted by Crippen LogP contribution is -2.32. The molecule has 5 nitrogen and oxygen atoms in total. The van der Waals surface area contributed by atoms with Crippen LogP contribution in [0.5, 0.6) is 0 Å². The summed E-state index contributed by atoms with van der Waals surface area (Å²) in [6, 6.07) is 5.31. The molecule has 1 aromatic rings. The SMILES string of the molecule is Cc1ccc(I)c(C(=O)ON2C(=O)CCC2=O)c1. The molecule has 0 atom stereocenters. The van der Waals surface area contributed by atoms with Gasteiger partial charge in [-0.05, 0) is 41.6 Å². The highest BCUT2D eigenvalue weighted by molar-refractivity contribution is 14.1. The molecular formula is C12H10INO4. The summed E-state index contributed by atoms with van der Waals surface area (Å²) in [7, 11) is 0. The molecule has 0 unspecified atom stereocenters. The number of amides is 2. The lowest BCUT2D eigenvalue weighted by molar-refractivity contribution is -0.172. The molecule has 1 heterocycles. The van der Waals surface area contributed by atoms with E-state index < -0.39 is 17.8 Å². The van der Waals surface area contributed by atoms with Crippen molar-refractivity contribution in [2.45, 2.75) is 19.8 Å². The van der Waals surface area contributed by atoms with Crippen LogP contribution in [0.3, 0.4) is 0 Å². The van der Waals surface area contributed by atoms with E-state index in [2.05, 4.69) is 0 Å². The Morgan fingerprint density at radius 2 is 1.89 bits per heavy atom. The Hall–Kier alpha value is -1.44. The van der Waals surface area contributed by atoms with Gasteiger partial charge in [-0.25, -0.2) is 4.79 Å². The minimum Gasteiger partial charge on any atom is -0.325 e. The van der Waals surface area contributed by atoms with Gasteiger partial charge in [-0.2, -0.15) is 0 Å². The van der Waals surface area contributed by atoms with Crippen molar-refractivity contribution >= 4 is 40.4 Å². The fourth-order valence-electron chi connectivity index (χ4n) is 1.59. The first-order valence-corrected chi connectivity index (χ1v) is 6.41. The number of hydroxylamine groups is 2. The number of benzene rings is 1. The predicted molar refractivity (Wildman–Crippen MR) is 70.4 cm³/mol. The summed E-state index contributed by atoms with van der Waals surface area (Å²) in [5.41, 5.74) is 1.25. The second kappa shape index (κ2) is 5.05. The summed E-state index contributed by atoms with van der Waals surface area (Å²) in [5, 5.41) is 0.556. The molecule has 6 heteroatoms. The van der Waals surface area contributed by atoms with Crippen LogP contribution in [0.25, 0.3) is 0 Å². The Kier molecular flexibility index (Phi) is 3.65. The molecule has 0 radical (unpaired) electrons. The zero-order valence-corrected chi connectivity index (χ0v) is 11.8. The number of hydrogen-bond acceptors (Lipinski definition) is 4. The molecule has 0 aromatic heterocycles. The van der Waals surface area contributed by atoms with E-state index in [9.17, 15) is 14.4 Å². The molecule has 1 aromatic carbocycles. The van der Waals surface area contributed by atoms with Gasteiger partial charge in [0, 0.05) is 16.4 Å². The number of carbonyl (C=O) groups is 3. The minimum absolute atomic E-state index is 0.0943. The number of aryl methyl sites for hydroxylation is 1. The smallest absolute Gasteiger partial charge is 0.325 e. The van der Waals surface area contributed by atoms with Crippen molar-refractivity contribution < 1.29 is 19.2 Å². The largest absolute Gasteiger partial charge is 0.364 e. The first-order chi connectivity index (χ1) is 8.49. The van der Waals surface area contributed by atoms with Crippen LogP contribution in [-0.4, -0.2) is 22.8 Å². The van der Waals surface area contributed by atoms with Crippen LogP contribution in [0.2, 0.25) is 0 Å². The van der Waals surface area contributed by atoms with Crippen molar-refractivity contribution in [1.29, 1.82) is 0 Å². The van der Waals surface area contributed by atoms with Crippen molar-refractivity contribution in [1.82, 2.24) is 5.06 Å². The first-order valence-electron chi connectivity index (χ1n) is 5.33. The lowest BCUT2D eigenvalue weighted by atomic mass is 10.1. The number of rotatable bonds is 2. The molecule has 1 aliphatic heterocycles. The molecular weight excluding hydrogens is 349 g/mol. The van der Waals surface area contributed by atoms with Crippen molar-refractivity contribution in [3.63, 3.8) is 0 Å². The summed E-state index contributed by atoms with van der Waals surface area (Å²) in [5.74, 6) is -1.64. The number of nitrogens with zero attached hydrogens (tertiary/aromatic N) is 1. The van der Waals surface area contributed by atoms with Gasteiger partial charge in [-0.3, -0.25) is 9.59 Å². The third-order valence-electron chi connectivity index (χ3n) is 2.52. The molecule has 1 aliphatic rings. The Morgan fingerprint density at radius 3 is 2.50 bits per heavy atom. The molecule has 0 bridgehead atoms. The first kappa shape index (κ1) is 13.0. The molecule has 2 rings (SSSR count). The molecule has 1 saturated heterocycles. The Balaban J connectivity index is 2.19. The Morgan fingerprint density at radius 1 is 1.28 bits per heavy atom. The topological polar surface area (TPSA) is 63.7 Å². The number of halogens is 1. The van der Waals surface area contributed by atoms with Crippen molar-refractivity contribution in [2.24, 2.45) is 0 Å². The highest BCUT2D eigenvalue weighted by Crippen LogP contribution is 2.18. The van der Waals surface area contributed by atoms with Crippen molar-refractivity contribution in [2.75, 3.05) is 0 Å². The summed E-state index contributed by atoms with van der Waals surface area (Å²) < 4.78 is 0.710. The molecule has 0 aliphatic carbocycles. The molecule has 94 valence electrons. The zero-order chi connectivity index (χ0) is 13.3. The third kappa shape index (κ3) is 2.53. The van der Waals surface area contributed by atoms with Gasteiger partial charge in [0.05, 0.1) is 5.56 Å². The summed E-state index contributed by atoms with van der Waals surface area (Å²) in [4.78, 5) is 39.4. The van der Waals surface area contributed by atoms with E-state index in [4.69, 9.17) is 4.84 Å². The van der Waals surface area contributed by atoms with Gasteiger partial charge in [0.25, 0.3) is 11.8 Å². The van der Waals surface area contributed by atoms with Gasteiger partial charge in [0.2, 0.25) is 0 Å². The highest BCUT2D eigenvalue weighted by atomic mass is 127. The third-order valence-corrected chi connectivity index (χ3v) is 3.46. The lowest BCUT2D eigenvalue weighted by Gasteiger charge is -2.13. The van der Waals surface area contributed by atoms with E-state index in [1.54, 1.807) is 12.1 Å². The van der Waals surface area contributed by atoms with Gasteiger partial charge in [0.1, 0.15) is 0 Å². The van der Waals surface area contributed by atoms with Crippen LogP contribution in [0.1, 0.15) is 28.8 Å². The number of hydrogen-bond donors (Lipinski definition) is 0. The Bertz CT molecular complexity index is 525. The van der Waals surface area contributed by atoms with Crippen LogP contribution in [-0.2, 0) is 14.4 Å². The summed E-state index contributed by atoms with van der Waals surface area (Å²) >= 11 is 2.00. The fraction of sp³-hybridized carbons (Fsp3) is 0.250. The second-order valence-corrected chi connectivity index (χ2v) is 5.11. The minimum atomic E-state index is -0.688. The van der Waals surface area contributed by atoms with Crippen LogP contribution in [0, 0.1) is 10.5 Å². The number of imide groups is 1. The summed E-state index contributed by atoms with van der Waals surface area (Å²) in [6.45, 7) is 1.85. The average Bonchev–Trinajstić information content (AvgIpc) is 2.64. The fourth-order valence-corrected chi connectivity index (χ4v) is 2.14. The summed E-state index contributed by atoms with van der Waals surface area (Å²) in [6.07, 6.45) is 0.189. The van der Waals surface area contributed by atoms with Gasteiger partial charge in [-0.15, -0.1) is 5.06 Å². The monoisotopic (exact) mass is 359 g/mol. The van der Waals surface area contributed by atoms with Crippen LogP contribution >= 0.6 is 22.6 Å². The normalized spacial score (nSPS) is 15.1. The zero-order valence-electron chi connectivity index (χ0n) is 9.60. The van der Waals surface area contributed by atoms with Crippen molar-refractivity contribution in [3.05, 3.63) is 32.9 Å². The maximum absolute atomic E-state index is 11.9. The quantitative estimate of drug-likeness (QED) is 0.597. The van der Waals surface area contributed by atoms with E-state index in [0.717, 1.165) is 5.56 Å². The van der Waals surface area contributed by atoms with Crippen LogP contribution in [0.15, 0.2) is 18.2 Å². The molecule has 18 heavy (non-hydrogen) atoms. The van der Waals surface area contributed by atoms with Crippen LogP contribution in [0.4, 0.5) is 0 Å². The molecule has 0 N–H and O–H groups in total. The van der Waals surface area contributed by atoms with E-state index in [1.165, 1.54) is 0 Å². The second-order valence-electron chi connectivity index (χ2n) is 3.94. The van der Waals surface area contributed by atoms with Gasteiger partial charge < -0.3 is 4.84 Å². The van der Waals surface area contributed by atoms with E-state index in [0.29, 0.717) is 14.2 Å². The maximum atomic E-state index is 11.9. The Labute approximate surface area is 117 Å². The maximum Gasteiger partial charge on any atom is 0.364 e. The van der Waals surface area contributed by atoms with Gasteiger partial charge >= 0.3 is 5.97 Å². The highest BCUT2D eigenvalue weighted by Gasteiger charge is 2.33. The van der Waals surface area contributed by atoms with Gasteiger partial charge in [0.15, 0.2) is 0 Å². The molecule has 1 fully saturated rings. The standard InChI is InChI=1S/C12H10INO4/c1-7-2-3-9(13)8(6-7)12(17)18-14-10(15)4-5-11(14)16/h2-3,6H,4-5H2,1H3. The van der Waals surface area contributed by atoms with E-state index in [1.807, 2.05) is 35.6 Å². The number of carbonyl (C=O) groups excluding carboxylic acids is 3. The molecule has 0 saturated carbocycles. The predicted octanol–water partition coefficient (Wildman–Crippen LogP) is 1.82. The molecule has 2 amide bonds. The van der Waals surface area contributed by atoms with Crippen molar-refractivity contribution in [3.8, 4) is 0 Å². The molecule has 0 spiro atoms.